The molecule has 454 valence electrons. The number of aromatic nitrogens is 5. The molecule has 7 aromatic heterocycles. The van der Waals surface area contributed by atoms with Crippen LogP contribution >= 0.6 is 34.0 Å². The van der Waals surface area contributed by atoms with Crippen molar-refractivity contribution in [3.63, 3.8) is 0 Å². The Labute approximate surface area is 572 Å². The van der Waals surface area contributed by atoms with Gasteiger partial charge in [-0.15, -0.1) is 34.0 Å². The highest BCUT2D eigenvalue weighted by Gasteiger charge is 2.24. The van der Waals surface area contributed by atoms with Crippen LogP contribution in [-0.2, 0) is 0 Å². The van der Waals surface area contributed by atoms with Crippen LogP contribution in [-0.4, -0.2) is 23.7 Å². The first-order chi connectivity index (χ1) is 48.5. The molecule has 0 unspecified atom stereocenters. The minimum absolute atomic E-state index is 0.608. The normalized spacial score (nSPS) is 12.3. The SMILES string of the molecule is c1ccc2c(c1)sc1ccc(-c3ccc4c5ccccc5n(-c5ccc6nc(-n7c8ccccc8c8ccc(-c9ccc%10sc%11ccccc%11c%10c9)cc87)nc(-c7ccc(-n8c9ccccc9c9ccc(-c%10ccc%11sc%12ccccc%12c%11c%10)cc98)c8ccccc78)c6c5)c4c3)cc12. The average molecular weight is 1300 g/mol. The van der Waals surface area contributed by atoms with Crippen molar-refractivity contribution in [2.75, 3.05) is 0 Å². The second-order valence-electron chi connectivity index (χ2n) is 25.9. The molecule has 5 nitrogen and oxygen atoms in total. The summed E-state index contributed by atoms with van der Waals surface area (Å²) < 4.78 is 15.1. The molecular formula is C90H51N5S3. The molecular weight excluding hydrogens is 1250 g/mol. The Morgan fingerprint density at radius 1 is 0.214 bits per heavy atom. The van der Waals surface area contributed by atoms with Crippen LogP contribution in [0.1, 0.15) is 0 Å². The summed E-state index contributed by atoms with van der Waals surface area (Å²) in [6.45, 7) is 0. The fraction of sp³-hybridized carbons (Fsp3) is 0. The zero-order chi connectivity index (χ0) is 63.8. The van der Waals surface area contributed by atoms with Gasteiger partial charge < -0.3 is 9.13 Å². The lowest BCUT2D eigenvalue weighted by molar-refractivity contribution is 1.01. The summed E-state index contributed by atoms with van der Waals surface area (Å²) in [5, 5.41) is 18.0. The van der Waals surface area contributed by atoms with Crippen LogP contribution in [0, 0.1) is 0 Å². The van der Waals surface area contributed by atoms with Gasteiger partial charge in [0, 0.05) is 115 Å². The Balaban J connectivity index is 0.775. The molecule has 0 saturated carbocycles. The van der Waals surface area contributed by atoms with Gasteiger partial charge in [-0.2, -0.15) is 0 Å². The minimum Gasteiger partial charge on any atom is -0.309 e. The van der Waals surface area contributed by atoms with Crippen molar-refractivity contribution in [3.05, 3.63) is 309 Å². The van der Waals surface area contributed by atoms with E-state index in [0.717, 1.165) is 93.7 Å². The van der Waals surface area contributed by atoms with Crippen molar-refractivity contribution >= 4 is 182 Å². The maximum Gasteiger partial charge on any atom is 0.235 e. The lowest BCUT2D eigenvalue weighted by atomic mass is 9.97. The highest BCUT2D eigenvalue weighted by Crippen LogP contribution is 2.46. The number of hydrogen-bond donors (Lipinski definition) is 0. The molecule has 0 saturated heterocycles. The quantitative estimate of drug-likeness (QED) is 0.160. The topological polar surface area (TPSA) is 40.6 Å². The van der Waals surface area contributed by atoms with Crippen LogP contribution < -0.4 is 0 Å². The summed E-state index contributed by atoms with van der Waals surface area (Å²) in [7, 11) is 0. The Morgan fingerprint density at radius 3 is 1.08 bits per heavy atom. The average Bonchev–Trinajstić information content (AvgIpc) is 1.47. The first-order valence-electron chi connectivity index (χ1n) is 33.3. The van der Waals surface area contributed by atoms with Crippen molar-refractivity contribution in [2.45, 2.75) is 0 Å². The van der Waals surface area contributed by atoms with E-state index < -0.39 is 0 Å². The zero-order valence-electron chi connectivity index (χ0n) is 52.4. The molecule has 15 aromatic carbocycles. The molecule has 8 heteroatoms. The van der Waals surface area contributed by atoms with Crippen molar-refractivity contribution in [1.29, 1.82) is 0 Å². The van der Waals surface area contributed by atoms with E-state index in [9.17, 15) is 0 Å². The van der Waals surface area contributed by atoms with Crippen molar-refractivity contribution in [2.24, 2.45) is 0 Å². The predicted molar refractivity (Wildman–Crippen MR) is 420 cm³/mol. The van der Waals surface area contributed by atoms with E-state index in [-0.39, 0.29) is 0 Å². The van der Waals surface area contributed by atoms with Crippen LogP contribution in [0.5, 0.6) is 0 Å². The van der Waals surface area contributed by atoms with E-state index in [2.05, 4.69) is 323 Å². The summed E-state index contributed by atoms with van der Waals surface area (Å²) in [5.74, 6) is 0.608. The number of hydrogen-bond acceptors (Lipinski definition) is 5. The molecule has 0 aliphatic heterocycles. The largest absolute Gasteiger partial charge is 0.309 e. The smallest absolute Gasteiger partial charge is 0.235 e. The van der Waals surface area contributed by atoms with E-state index >= 15 is 0 Å². The molecule has 22 rings (SSSR count). The molecule has 0 bridgehead atoms. The van der Waals surface area contributed by atoms with Crippen LogP contribution in [0.2, 0.25) is 0 Å². The molecule has 0 aliphatic rings. The molecule has 0 aliphatic carbocycles. The second-order valence-corrected chi connectivity index (χ2v) is 29.2. The summed E-state index contributed by atoms with van der Waals surface area (Å²) in [5.41, 5.74) is 18.6. The minimum atomic E-state index is 0.608. The first kappa shape index (κ1) is 54.2. The van der Waals surface area contributed by atoms with E-state index in [4.69, 9.17) is 9.97 Å². The zero-order valence-corrected chi connectivity index (χ0v) is 54.9. The summed E-state index contributed by atoms with van der Waals surface area (Å²) in [6.07, 6.45) is 0. The first-order valence-corrected chi connectivity index (χ1v) is 35.7. The van der Waals surface area contributed by atoms with Gasteiger partial charge in [0.2, 0.25) is 5.95 Å². The molecule has 0 radical (unpaired) electrons. The molecule has 0 N–H and O–H groups in total. The number of nitrogens with zero attached hydrogens (tertiary/aromatic N) is 5. The maximum atomic E-state index is 5.99. The third-order valence-electron chi connectivity index (χ3n) is 20.7. The van der Waals surface area contributed by atoms with Crippen LogP contribution in [0.3, 0.4) is 0 Å². The van der Waals surface area contributed by atoms with Crippen molar-refractivity contribution in [3.8, 4) is 62.0 Å². The third-order valence-corrected chi connectivity index (χ3v) is 24.1. The fourth-order valence-electron chi connectivity index (χ4n) is 16.2. The van der Waals surface area contributed by atoms with Gasteiger partial charge in [0.05, 0.1) is 50.0 Å². The second kappa shape index (κ2) is 20.7. The Hall–Kier alpha value is -12.0. The Kier molecular flexibility index (Phi) is 11.5. The Bertz CT molecular complexity index is 7210. The number of para-hydroxylation sites is 3. The van der Waals surface area contributed by atoms with Gasteiger partial charge in [-0.05, 0) is 154 Å². The molecule has 22 aromatic rings. The van der Waals surface area contributed by atoms with Crippen molar-refractivity contribution < 1.29 is 0 Å². The van der Waals surface area contributed by atoms with Gasteiger partial charge in [0.15, 0.2) is 0 Å². The summed E-state index contributed by atoms with van der Waals surface area (Å²) in [6, 6.07) is 115. The lowest BCUT2D eigenvalue weighted by Crippen LogP contribution is -2.05. The van der Waals surface area contributed by atoms with E-state index in [1.54, 1.807) is 0 Å². The van der Waals surface area contributed by atoms with E-state index in [1.165, 1.54) is 110 Å². The van der Waals surface area contributed by atoms with Gasteiger partial charge in [-0.1, -0.05) is 194 Å². The molecule has 7 heterocycles. The standard InChI is InChI=1S/C90H51N5S3/c1-2-16-60-59(15-1)70(39-41-79(60)94-77-24-10-4-18-62(77)65-37-30-56(49-81(65)94)53-33-43-87-72(46-53)68-21-7-13-27-84(68)97-87)89-74-51-58(93-76-23-9-3-17-61(76)64-36-29-55(48-80(64)93)52-32-42-86-71(45-52)67-20-6-12-26-83(67)96-86)35-40-75(74)91-90(92-89)95-78-25-11-5-19-63(78)66-38-31-57(50-82(66)95)54-34-44-88-73(47-54)69-22-8-14-28-85(69)98-88/h1-51H. The molecule has 0 fully saturated rings. The van der Waals surface area contributed by atoms with Gasteiger partial charge in [0.1, 0.15) is 0 Å². The summed E-state index contributed by atoms with van der Waals surface area (Å²) >= 11 is 5.57. The van der Waals surface area contributed by atoms with Gasteiger partial charge >= 0.3 is 0 Å². The van der Waals surface area contributed by atoms with E-state index in [1.807, 2.05) is 34.0 Å². The predicted octanol–water partition coefficient (Wildman–Crippen LogP) is 25.8. The van der Waals surface area contributed by atoms with Crippen LogP contribution in [0.25, 0.3) is 210 Å². The van der Waals surface area contributed by atoms with Crippen molar-refractivity contribution in [1.82, 2.24) is 23.7 Å². The molecule has 98 heavy (non-hydrogen) atoms. The third kappa shape index (κ3) is 7.99. The van der Waals surface area contributed by atoms with Gasteiger partial charge in [-0.3, -0.25) is 4.57 Å². The maximum absolute atomic E-state index is 5.99. The fourth-order valence-corrected chi connectivity index (χ4v) is 19.4. The number of rotatable bonds is 7. The highest BCUT2D eigenvalue weighted by molar-refractivity contribution is 7.26. The monoisotopic (exact) mass is 1300 g/mol. The lowest BCUT2D eigenvalue weighted by Gasteiger charge is -2.17. The van der Waals surface area contributed by atoms with Gasteiger partial charge in [-0.25, -0.2) is 9.97 Å². The molecule has 0 amide bonds. The molecule has 0 atom stereocenters. The molecule has 0 spiro atoms. The van der Waals surface area contributed by atoms with Crippen LogP contribution in [0.4, 0.5) is 0 Å². The van der Waals surface area contributed by atoms with Gasteiger partial charge in [0.25, 0.3) is 0 Å². The van der Waals surface area contributed by atoms with Crippen LogP contribution in [0.15, 0.2) is 309 Å². The number of benzene rings is 15. The highest BCUT2D eigenvalue weighted by atomic mass is 32.1. The Morgan fingerprint density at radius 2 is 0.582 bits per heavy atom. The number of fused-ring (bicyclic) bond motifs is 20. The number of thiophene rings is 3. The van der Waals surface area contributed by atoms with E-state index in [0.29, 0.717) is 5.95 Å². The summed E-state index contributed by atoms with van der Waals surface area (Å²) in [4.78, 5) is 11.7.